The van der Waals surface area contributed by atoms with Crippen molar-refractivity contribution in [2.24, 2.45) is 5.73 Å². The van der Waals surface area contributed by atoms with Crippen LogP contribution < -0.4 is 21.5 Å². The minimum absolute atomic E-state index is 0.433. The Labute approximate surface area is 101 Å². The van der Waals surface area contributed by atoms with Gasteiger partial charge in [0.15, 0.2) is 0 Å². The average molecular weight is 237 g/mol. The maximum absolute atomic E-state index is 11.2. The molecule has 1 rings (SSSR count). The van der Waals surface area contributed by atoms with Gasteiger partial charge in [0, 0.05) is 23.5 Å². The predicted octanol–water partition coefficient (Wildman–Crippen LogP) is 1.34. The molecule has 1 aromatic carbocycles. The van der Waals surface area contributed by atoms with Crippen molar-refractivity contribution in [3.63, 3.8) is 0 Å². The van der Waals surface area contributed by atoms with Crippen LogP contribution >= 0.6 is 0 Å². The van der Waals surface area contributed by atoms with Crippen LogP contribution in [-0.2, 0) is 4.79 Å². The van der Waals surface area contributed by atoms with Crippen LogP contribution in [0.2, 0.25) is 0 Å². The number of hydrogen-bond donors (Lipinski definition) is 3. The highest BCUT2D eigenvalue weighted by Gasteiger charge is 2.24. The fraction of sp³-hybridized carbons (Fsp3) is 0.417. The van der Waals surface area contributed by atoms with Crippen molar-refractivity contribution >= 4 is 17.3 Å². The van der Waals surface area contributed by atoms with Gasteiger partial charge in [0.2, 0.25) is 5.91 Å². The van der Waals surface area contributed by atoms with E-state index in [1.165, 1.54) is 0 Å². The molecule has 5 nitrogen and oxygen atoms in total. The number of anilines is 2. The van der Waals surface area contributed by atoms with Crippen LogP contribution in [-0.4, -0.2) is 18.1 Å². The fourth-order valence-corrected chi connectivity index (χ4v) is 1.37. The number of ether oxygens (including phenoxy) is 1. The molecule has 1 aromatic rings. The van der Waals surface area contributed by atoms with Crippen molar-refractivity contribution in [3.05, 3.63) is 18.2 Å². The second-order valence-electron chi connectivity index (χ2n) is 4.34. The van der Waals surface area contributed by atoms with Gasteiger partial charge in [-0.25, -0.2) is 0 Å². The summed E-state index contributed by atoms with van der Waals surface area (Å²) in [6, 6.07) is 5.24. The van der Waals surface area contributed by atoms with Gasteiger partial charge >= 0.3 is 0 Å². The molecule has 0 heterocycles. The van der Waals surface area contributed by atoms with Crippen molar-refractivity contribution in [1.29, 1.82) is 0 Å². The molecule has 0 aliphatic heterocycles. The topological polar surface area (TPSA) is 90.4 Å². The molecule has 5 N–H and O–H groups in total. The van der Waals surface area contributed by atoms with Crippen molar-refractivity contribution in [3.8, 4) is 5.75 Å². The Morgan fingerprint density at radius 1 is 1.41 bits per heavy atom. The molecule has 0 unspecified atom stereocenters. The summed E-state index contributed by atoms with van der Waals surface area (Å²) in [5, 5.41) is 3.02. The first-order valence-electron chi connectivity index (χ1n) is 5.46. The third kappa shape index (κ3) is 3.55. The Morgan fingerprint density at radius 2 is 2.06 bits per heavy atom. The van der Waals surface area contributed by atoms with E-state index < -0.39 is 11.4 Å². The molecular weight excluding hydrogens is 218 g/mol. The normalized spacial score (nSPS) is 11.0. The second kappa shape index (κ2) is 4.95. The maximum Gasteiger partial charge on any atom is 0.242 e. The third-order valence-corrected chi connectivity index (χ3v) is 2.31. The lowest BCUT2D eigenvalue weighted by molar-refractivity contribution is -0.121. The fourth-order valence-electron chi connectivity index (χ4n) is 1.37. The van der Waals surface area contributed by atoms with Gasteiger partial charge in [-0.2, -0.15) is 0 Å². The Kier molecular flexibility index (Phi) is 3.83. The van der Waals surface area contributed by atoms with E-state index in [2.05, 4.69) is 5.32 Å². The first kappa shape index (κ1) is 13.2. The van der Waals surface area contributed by atoms with Crippen LogP contribution in [0.25, 0.3) is 0 Å². The number of benzene rings is 1. The average Bonchev–Trinajstić information content (AvgIpc) is 2.15. The van der Waals surface area contributed by atoms with Gasteiger partial charge in [0.25, 0.3) is 0 Å². The highest BCUT2D eigenvalue weighted by atomic mass is 16.5. The van der Waals surface area contributed by atoms with E-state index in [4.69, 9.17) is 16.2 Å². The Morgan fingerprint density at radius 3 is 2.59 bits per heavy atom. The molecule has 1 amide bonds. The summed E-state index contributed by atoms with van der Waals surface area (Å²) in [4.78, 5) is 11.2. The Balaban J connectivity index is 2.95. The largest absolute Gasteiger partial charge is 0.494 e. The van der Waals surface area contributed by atoms with Gasteiger partial charge in [-0.3, -0.25) is 4.79 Å². The van der Waals surface area contributed by atoms with E-state index in [0.717, 1.165) is 0 Å². The molecule has 0 spiro atoms. The van der Waals surface area contributed by atoms with Gasteiger partial charge in [-0.05, 0) is 26.8 Å². The molecule has 0 aromatic heterocycles. The molecule has 5 heteroatoms. The Bertz CT molecular complexity index is 416. The van der Waals surface area contributed by atoms with Gasteiger partial charge in [-0.15, -0.1) is 0 Å². The lowest BCUT2D eigenvalue weighted by Crippen LogP contribution is -2.45. The standard InChI is InChI=1S/C12H19N3O2/c1-4-17-10-6-8(13)5-9(7-10)15-12(2,3)11(14)16/h5-7,15H,4,13H2,1-3H3,(H2,14,16). The van der Waals surface area contributed by atoms with E-state index >= 15 is 0 Å². The first-order valence-corrected chi connectivity index (χ1v) is 5.46. The number of carbonyl (C=O) groups excluding carboxylic acids is 1. The van der Waals surface area contributed by atoms with E-state index in [0.29, 0.717) is 23.7 Å². The van der Waals surface area contributed by atoms with E-state index in [9.17, 15) is 4.79 Å². The van der Waals surface area contributed by atoms with Crippen LogP contribution in [0.15, 0.2) is 18.2 Å². The van der Waals surface area contributed by atoms with Crippen molar-refractivity contribution in [2.45, 2.75) is 26.3 Å². The van der Waals surface area contributed by atoms with Crippen molar-refractivity contribution in [1.82, 2.24) is 0 Å². The summed E-state index contributed by atoms with van der Waals surface area (Å²) in [5.74, 6) is 0.230. The summed E-state index contributed by atoms with van der Waals surface area (Å²) in [7, 11) is 0. The predicted molar refractivity (Wildman–Crippen MR) is 68.9 cm³/mol. The third-order valence-electron chi connectivity index (χ3n) is 2.31. The van der Waals surface area contributed by atoms with Gasteiger partial charge in [0.1, 0.15) is 11.3 Å². The van der Waals surface area contributed by atoms with Crippen LogP contribution in [0.4, 0.5) is 11.4 Å². The highest BCUT2D eigenvalue weighted by molar-refractivity contribution is 5.87. The zero-order chi connectivity index (χ0) is 13.1. The van der Waals surface area contributed by atoms with Crippen LogP contribution in [0.5, 0.6) is 5.75 Å². The summed E-state index contributed by atoms with van der Waals surface area (Å²) >= 11 is 0. The lowest BCUT2D eigenvalue weighted by atomic mass is 10.0. The number of nitrogen functional groups attached to an aromatic ring is 1. The number of primary amides is 1. The highest BCUT2D eigenvalue weighted by Crippen LogP contribution is 2.24. The number of rotatable bonds is 5. The summed E-state index contributed by atoms with van der Waals surface area (Å²) < 4.78 is 5.37. The molecule has 0 aliphatic rings. The first-order chi connectivity index (χ1) is 7.85. The number of amides is 1. The molecule has 0 bridgehead atoms. The molecule has 0 aliphatic carbocycles. The van der Waals surface area contributed by atoms with E-state index in [1.54, 1.807) is 32.0 Å². The van der Waals surface area contributed by atoms with E-state index in [1.807, 2.05) is 6.92 Å². The molecule has 0 atom stereocenters. The summed E-state index contributed by atoms with van der Waals surface area (Å²) in [5.41, 5.74) is 11.5. The molecule has 94 valence electrons. The smallest absolute Gasteiger partial charge is 0.242 e. The van der Waals surface area contributed by atoms with E-state index in [-0.39, 0.29) is 0 Å². The van der Waals surface area contributed by atoms with Crippen molar-refractivity contribution in [2.75, 3.05) is 17.7 Å². The van der Waals surface area contributed by atoms with Gasteiger partial charge in [-0.1, -0.05) is 0 Å². The molecule has 0 radical (unpaired) electrons. The lowest BCUT2D eigenvalue weighted by Gasteiger charge is -2.24. The SMILES string of the molecule is CCOc1cc(N)cc(NC(C)(C)C(N)=O)c1. The summed E-state index contributed by atoms with van der Waals surface area (Å²) in [6.45, 7) is 5.86. The van der Waals surface area contributed by atoms with Crippen LogP contribution in [0.1, 0.15) is 20.8 Å². The molecule has 17 heavy (non-hydrogen) atoms. The maximum atomic E-state index is 11.2. The Hall–Kier alpha value is -1.91. The van der Waals surface area contributed by atoms with Gasteiger partial charge in [0.05, 0.1) is 6.61 Å². The minimum atomic E-state index is -0.836. The molecule has 0 saturated heterocycles. The molecule has 0 fully saturated rings. The zero-order valence-corrected chi connectivity index (χ0v) is 10.4. The van der Waals surface area contributed by atoms with Crippen LogP contribution in [0.3, 0.4) is 0 Å². The number of nitrogens with one attached hydrogen (secondary N) is 1. The van der Waals surface area contributed by atoms with Crippen LogP contribution in [0, 0.1) is 0 Å². The molecule has 0 saturated carbocycles. The second-order valence-corrected chi connectivity index (χ2v) is 4.34. The number of carbonyl (C=O) groups is 1. The monoisotopic (exact) mass is 237 g/mol. The summed E-state index contributed by atoms with van der Waals surface area (Å²) in [6.07, 6.45) is 0. The van der Waals surface area contributed by atoms with Gasteiger partial charge < -0.3 is 21.5 Å². The number of hydrogen-bond acceptors (Lipinski definition) is 4. The molecular formula is C12H19N3O2. The number of nitrogens with two attached hydrogens (primary N) is 2. The van der Waals surface area contributed by atoms with Crippen molar-refractivity contribution < 1.29 is 9.53 Å². The zero-order valence-electron chi connectivity index (χ0n) is 10.4. The quantitative estimate of drug-likeness (QED) is 0.674. The minimum Gasteiger partial charge on any atom is -0.494 e.